The highest BCUT2D eigenvalue weighted by Crippen LogP contribution is 2.33. The van der Waals surface area contributed by atoms with Crippen LogP contribution >= 0.6 is 0 Å². The maximum Gasteiger partial charge on any atom is 0.268 e. The highest BCUT2D eigenvalue weighted by Gasteiger charge is 2.37. The third-order valence-electron chi connectivity index (χ3n) is 5.86. The number of nitrogens with zero attached hydrogens (tertiary/aromatic N) is 3. The lowest BCUT2D eigenvalue weighted by atomic mass is 10.0. The van der Waals surface area contributed by atoms with Gasteiger partial charge >= 0.3 is 0 Å². The summed E-state index contributed by atoms with van der Waals surface area (Å²) in [5.74, 6) is 1.05. The first kappa shape index (κ1) is 18.2. The van der Waals surface area contributed by atoms with Gasteiger partial charge < -0.3 is 19.1 Å². The van der Waals surface area contributed by atoms with Crippen LogP contribution in [0.1, 0.15) is 15.9 Å². The van der Waals surface area contributed by atoms with Gasteiger partial charge in [0.15, 0.2) is 11.5 Å². The fourth-order valence-electron chi connectivity index (χ4n) is 4.08. The summed E-state index contributed by atoms with van der Waals surface area (Å²) >= 11 is 0. The largest absolute Gasteiger partial charge is 0.454 e. The van der Waals surface area contributed by atoms with Gasteiger partial charge in [0.2, 0.25) is 6.79 Å². The Balaban J connectivity index is 1.39. The second-order valence-corrected chi connectivity index (χ2v) is 7.60. The van der Waals surface area contributed by atoms with Crippen LogP contribution in [0.2, 0.25) is 0 Å². The third-order valence-corrected chi connectivity index (χ3v) is 5.86. The van der Waals surface area contributed by atoms with Gasteiger partial charge in [0, 0.05) is 44.5 Å². The number of hydrogen-bond acceptors (Lipinski definition) is 6. The van der Waals surface area contributed by atoms with Crippen molar-refractivity contribution in [1.29, 1.82) is 0 Å². The molecule has 4 heterocycles. The second kappa shape index (κ2) is 7.20. The molecule has 1 amide bonds. The van der Waals surface area contributed by atoms with E-state index in [1.165, 1.54) is 4.57 Å². The molecule has 3 aliphatic rings. The molecule has 152 valence electrons. The van der Waals surface area contributed by atoms with E-state index < -0.39 is 0 Å². The third kappa shape index (κ3) is 3.18. The predicted molar refractivity (Wildman–Crippen MR) is 105 cm³/mol. The second-order valence-electron chi connectivity index (χ2n) is 7.60. The van der Waals surface area contributed by atoms with E-state index >= 15 is 0 Å². The summed E-state index contributed by atoms with van der Waals surface area (Å²) in [4.78, 5) is 30.4. The van der Waals surface area contributed by atoms with Crippen LogP contribution in [0.3, 0.4) is 0 Å². The topological polar surface area (TPSA) is 73.2 Å². The molecule has 1 aromatic carbocycles. The Labute approximate surface area is 168 Å². The molecule has 8 nitrogen and oxygen atoms in total. The Kier molecular flexibility index (Phi) is 4.52. The zero-order chi connectivity index (χ0) is 20.0. The average Bonchev–Trinajstić information content (AvgIpc) is 3.15. The molecule has 5 rings (SSSR count). The number of rotatable bonds is 3. The number of hydrogen-bond donors (Lipinski definition) is 0. The maximum absolute atomic E-state index is 13.2. The standard InChI is InChI=1S/C21H23N3O5/c1-14-4-5-24(15-2-3-17-18(10-15)29-13-28-17)21(26)19(14)20(25)23-11-16(12-23)22-6-8-27-9-7-22/h2-5,10,16H,6-9,11-13H2,1H3. The van der Waals surface area contributed by atoms with Gasteiger partial charge in [0.05, 0.1) is 18.9 Å². The Hall–Kier alpha value is -2.84. The normalized spacial score (nSPS) is 19.3. The highest BCUT2D eigenvalue weighted by molar-refractivity contribution is 5.96. The van der Waals surface area contributed by atoms with E-state index in [1.54, 1.807) is 42.3 Å². The predicted octanol–water partition coefficient (Wildman–Crippen LogP) is 1.03. The van der Waals surface area contributed by atoms with E-state index in [2.05, 4.69) is 4.90 Å². The molecule has 3 aliphatic heterocycles. The van der Waals surface area contributed by atoms with Gasteiger partial charge in [-0.3, -0.25) is 19.1 Å². The monoisotopic (exact) mass is 397 g/mol. The van der Waals surface area contributed by atoms with Crippen LogP contribution in [0, 0.1) is 6.92 Å². The van der Waals surface area contributed by atoms with E-state index in [0.29, 0.717) is 41.9 Å². The van der Waals surface area contributed by atoms with Crippen molar-refractivity contribution < 1.29 is 19.0 Å². The molecule has 0 N–H and O–H groups in total. The number of aromatic nitrogens is 1. The van der Waals surface area contributed by atoms with Crippen molar-refractivity contribution in [2.24, 2.45) is 0 Å². The van der Waals surface area contributed by atoms with Crippen molar-refractivity contribution in [3.8, 4) is 17.2 Å². The number of benzene rings is 1. The van der Waals surface area contributed by atoms with Crippen LogP contribution in [0.15, 0.2) is 35.3 Å². The Morgan fingerprint density at radius 1 is 1.07 bits per heavy atom. The number of morpholine rings is 1. The molecule has 2 fully saturated rings. The molecule has 0 bridgehead atoms. The van der Waals surface area contributed by atoms with Crippen LogP contribution in [-0.2, 0) is 4.74 Å². The van der Waals surface area contributed by atoms with Crippen LogP contribution in [0.4, 0.5) is 0 Å². The van der Waals surface area contributed by atoms with Gasteiger partial charge in [-0.2, -0.15) is 0 Å². The smallest absolute Gasteiger partial charge is 0.268 e. The molecule has 8 heteroatoms. The van der Waals surface area contributed by atoms with E-state index in [1.807, 2.05) is 0 Å². The number of carbonyl (C=O) groups excluding carboxylic acids is 1. The molecule has 1 aromatic heterocycles. The number of ether oxygens (including phenoxy) is 3. The zero-order valence-electron chi connectivity index (χ0n) is 16.3. The van der Waals surface area contributed by atoms with Gasteiger partial charge in [0.1, 0.15) is 5.56 Å². The maximum atomic E-state index is 13.2. The molecular formula is C21H23N3O5. The molecule has 2 saturated heterocycles. The lowest BCUT2D eigenvalue weighted by Crippen LogP contribution is -2.63. The number of aryl methyl sites for hydroxylation is 1. The van der Waals surface area contributed by atoms with Crippen molar-refractivity contribution in [2.45, 2.75) is 13.0 Å². The molecule has 0 spiro atoms. The fraction of sp³-hybridized carbons (Fsp3) is 0.429. The van der Waals surface area contributed by atoms with Crippen molar-refractivity contribution in [3.05, 3.63) is 51.9 Å². The van der Waals surface area contributed by atoms with Crippen molar-refractivity contribution >= 4 is 5.91 Å². The molecular weight excluding hydrogens is 374 g/mol. The fourth-order valence-corrected chi connectivity index (χ4v) is 4.08. The van der Waals surface area contributed by atoms with Gasteiger partial charge in [-0.05, 0) is 30.7 Å². The van der Waals surface area contributed by atoms with Gasteiger partial charge in [-0.1, -0.05) is 0 Å². The summed E-state index contributed by atoms with van der Waals surface area (Å²) in [6, 6.07) is 7.47. The van der Waals surface area contributed by atoms with Gasteiger partial charge in [0.25, 0.3) is 11.5 Å². The lowest BCUT2D eigenvalue weighted by molar-refractivity contribution is -0.0256. The summed E-state index contributed by atoms with van der Waals surface area (Å²) < 4.78 is 17.6. The minimum absolute atomic E-state index is 0.171. The van der Waals surface area contributed by atoms with Crippen LogP contribution in [0.5, 0.6) is 11.5 Å². The van der Waals surface area contributed by atoms with E-state index in [4.69, 9.17) is 14.2 Å². The van der Waals surface area contributed by atoms with Crippen LogP contribution in [-0.4, -0.2) is 72.5 Å². The first-order valence-corrected chi connectivity index (χ1v) is 9.85. The first-order valence-electron chi connectivity index (χ1n) is 9.85. The Morgan fingerprint density at radius 2 is 1.83 bits per heavy atom. The average molecular weight is 397 g/mol. The molecule has 0 saturated carbocycles. The number of fused-ring (bicyclic) bond motifs is 1. The number of pyridine rings is 1. The highest BCUT2D eigenvalue weighted by atomic mass is 16.7. The summed E-state index contributed by atoms with van der Waals surface area (Å²) in [5.41, 5.74) is 1.24. The Bertz CT molecular complexity index is 1010. The van der Waals surface area contributed by atoms with Crippen LogP contribution in [0.25, 0.3) is 5.69 Å². The number of carbonyl (C=O) groups is 1. The Morgan fingerprint density at radius 3 is 2.62 bits per heavy atom. The van der Waals surface area contributed by atoms with Crippen molar-refractivity contribution in [1.82, 2.24) is 14.4 Å². The summed E-state index contributed by atoms with van der Waals surface area (Å²) in [6.45, 7) is 6.54. The minimum atomic E-state index is -0.316. The summed E-state index contributed by atoms with van der Waals surface area (Å²) in [7, 11) is 0. The van der Waals surface area contributed by atoms with Crippen molar-refractivity contribution in [2.75, 3.05) is 46.2 Å². The summed E-state index contributed by atoms with van der Waals surface area (Å²) in [6.07, 6.45) is 1.69. The molecule has 0 aliphatic carbocycles. The van der Waals surface area contributed by atoms with E-state index in [9.17, 15) is 9.59 Å². The zero-order valence-corrected chi connectivity index (χ0v) is 16.3. The van der Waals surface area contributed by atoms with Crippen LogP contribution < -0.4 is 15.0 Å². The van der Waals surface area contributed by atoms with E-state index in [0.717, 1.165) is 26.3 Å². The van der Waals surface area contributed by atoms with E-state index in [-0.39, 0.29) is 23.8 Å². The minimum Gasteiger partial charge on any atom is -0.454 e. The van der Waals surface area contributed by atoms with Gasteiger partial charge in [-0.15, -0.1) is 0 Å². The quantitative estimate of drug-likeness (QED) is 0.770. The number of amides is 1. The molecule has 0 atom stereocenters. The van der Waals surface area contributed by atoms with Gasteiger partial charge in [-0.25, -0.2) is 0 Å². The molecule has 29 heavy (non-hydrogen) atoms. The lowest BCUT2D eigenvalue weighted by Gasteiger charge is -2.46. The molecule has 0 unspecified atom stereocenters. The van der Waals surface area contributed by atoms with Crippen molar-refractivity contribution in [3.63, 3.8) is 0 Å². The SMILES string of the molecule is Cc1ccn(-c2ccc3c(c2)OCO3)c(=O)c1C(=O)N1CC(N2CCOCC2)C1. The first-order chi connectivity index (χ1) is 14.1. The molecule has 0 radical (unpaired) electrons. The summed E-state index contributed by atoms with van der Waals surface area (Å²) in [5, 5.41) is 0. The molecule has 2 aromatic rings. The number of likely N-dealkylation sites (tertiary alicyclic amines) is 1.